The third kappa shape index (κ3) is 2.27. The highest BCUT2D eigenvalue weighted by Crippen LogP contribution is 2.28. The third-order valence-electron chi connectivity index (χ3n) is 2.83. The van der Waals surface area contributed by atoms with E-state index in [2.05, 4.69) is 5.43 Å². The van der Waals surface area contributed by atoms with Gasteiger partial charge < -0.3 is 4.42 Å². The highest BCUT2D eigenvalue weighted by Gasteiger charge is 2.21. The molecule has 1 aromatic heterocycles. The van der Waals surface area contributed by atoms with E-state index in [-0.39, 0.29) is 5.56 Å². The smallest absolute Gasteiger partial charge is 0.131 e. The molecule has 2 rings (SSSR count). The summed E-state index contributed by atoms with van der Waals surface area (Å²) in [5.41, 5.74) is 3.54. The maximum atomic E-state index is 13.7. The number of benzene rings is 1. The van der Waals surface area contributed by atoms with Gasteiger partial charge in [-0.25, -0.2) is 14.2 Å². The number of hydrazine groups is 1. The van der Waals surface area contributed by atoms with Crippen molar-refractivity contribution >= 4 is 0 Å². The molecule has 1 heterocycles. The maximum absolute atomic E-state index is 13.7. The van der Waals surface area contributed by atoms with Gasteiger partial charge in [0.1, 0.15) is 23.2 Å². The van der Waals surface area contributed by atoms with Crippen molar-refractivity contribution in [1.82, 2.24) is 5.43 Å². The fourth-order valence-corrected chi connectivity index (χ4v) is 2.02. The van der Waals surface area contributed by atoms with E-state index >= 15 is 0 Å². The number of rotatable bonds is 3. The van der Waals surface area contributed by atoms with Crippen LogP contribution in [0.1, 0.15) is 28.7 Å². The Balaban J connectivity index is 2.48. The Labute approximate surface area is 104 Å². The number of halogens is 2. The van der Waals surface area contributed by atoms with Crippen molar-refractivity contribution in [3.05, 3.63) is 58.5 Å². The van der Waals surface area contributed by atoms with Crippen LogP contribution in [0.3, 0.4) is 0 Å². The van der Waals surface area contributed by atoms with Crippen LogP contribution in [-0.4, -0.2) is 0 Å². The number of furan rings is 1. The molecule has 0 spiro atoms. The lowest BCUT2D eigenvalue weighted by Crippen LogP contribution is -2.29. The molecule has 1 aromatic carbocycles. The van der Waals surface area contributed by atoms with Gasteiger partial charge in [-0.3, -0.25) is 5.84 Å². The molecule has 0 saturated heterocycles. The normalized spacial score (nSPS) is 12.7. The van der Waals surface area contributed by atoms with Gasteiger partial charge in [-0.05, 0) is 26.0 Å². The van der Waals surface area contributed by atoms with E-state index in [4.69, 9.17) is 10.3 Å². The van der Waals surface area contributed by atoms with Crippen LogP contribution in [0.5, 0.6) is 0 Å². The minimum Gasteiger partial charge on any atom is -0.466 e. The number of hydrogen-bond donors (Lipinski definition) is 2. The summed E-state index contributed by atoms with van der Waals surface area (Å²) in [5, 5.41) is 0. The van der Waals surface area contributed by atoms with E-state index in [0.717, 1.165) is 11.6 Å². The molecule has 1 unspecified atom stereocenters. The summed E-state index contributed by atoms with van der Waals surface area (Å²) in [6.07, 6.45) is 0. The zero-order valence-corrected chi connectivity index (χ0v) is 10.1. The van der Waals surface area contributed by atoms with Crippen LogP contribution in [0.2, 0.25) is 0 Å². The highest BCUT2D eigenvalue weighted by molar-refractivity contribution is 5.35. The fraction of sp³-hybridized carbons (Fsp3) is 0.231. The predicted molar refractivity (Wildman–Crippen MR) is 63.7 cm³/mol. The Morgan fingerprint density at radius 2 is 1.89 bits per heavy atom. The van der Waals surface area contributed by atoms with Crippen LogP contribution in [0.25, 0.3) is 0 Å². The van der Waals surface area contributed by atoms with Crippen molar-refractivity contribution in [2.75, 3.05) is 0 Å². The van der Waals surface area contributed by atoms with E-state index in [1.807, 2.05) is 0 Å². The van der Waals surface area contributed by atoms with Crippen LogP contribution in [0.4, 0.5) is 8.78 Å². The van der Waals surface area contributed by atoms with Crippen molar-refractivity contribution in [3.63, 3.8) is 0 Å². The van der Waals surface area contributed by atoms with E-state index in [1.54, 1.807) is 19.9 Å². The molecule has 96 valence electrons. The van der Waals surface area contributed by atoms with Gasteiger partial charge in [0.2, 0.25) is 0 Å². The second-order valence-electron chi connectivity index (χ2n) is 4.13. The molecule has 0 fully saturated rings. The highest BCUT2D eigenvalue weighted by atomic mass is 19.1. The molecular weight excluding hydrogens is 238 g/mol. The standard InChI is InChI=1S/C13H14F2N2O/c1-7-5-11(8(2)18-7)13(17-16)10-4-3-9(14)6-12(10)15/h3-6,13,17H,16H2,1-2H3. The largest absolute Gasteiger partial charge is 0.466 e. The zero-order chi connectivity index (χ0) is 13.3. The number of nitrogens with one attached hydrogen (secondary N) is 1. The van der Waals surface area contributed by atoms with Gasteiger partial charge in [0.25, 0.3) is 0 Å². The summed E-state index contributed by atoms with van der Waals surface area (Å²) in [5.74, 6) is 5.57. The molecular formula is C13H14F2N2O. The molecule has 0 saturated carbocycles. The minimum absolute atomic E-state index is 0.280. The summed E-state index contributed by atoms with van der Waals surface area (Å²) in [6.45, 7) is 3.57. The summed E-state index contributed by atoms with van der Waals surface area (Å²) in [4.78, 5) is 0. The zero-order valence-electron chi connectivity index (χ0n) is 10.1. The second-order valence-corrected chi connectivity index (χ2v) is 4.13. The molecule has 0 aliphatic heterocycles. The van der Waals surface area contributed by atoms with Crippen LogP contribution in [-0.2, 0) is 0 Å². The summed E-state index contributed by atoms with van der Waals surface area (Å²) in [7, 11) is 0. The van der Waals surface area contributed by atoms with Crippen molar-refractivity contribution in [2.45, 2.75) is 19.9 Å². The first-order chi connectivity index (χ1) is 8.52. The van der Waals surface area contributed by atoms with Crippen LogP contribution >= 0.6 is 0 Å². The first kappa shape index (κ1) is 12.7. The summed E-state index contributed by atoms with van der Waals surface area (Å²) >= 11 is 0. The second kappa shape index (κ2) is 4.88. The topological polar surface area (TPSA) is 51.2 Å². The molecule has 0 aliphatic rings. The van der Waals surface area contributed by atoms with Gasteiger partial charge in [-0.1, -0.05) is 6.07 Å². The van der Waals surface area contributed by atoms with Crippen molar-refractivity contribution < 1.29 is 13.2 Å². The number of nitrogens with two attached hydrogens (primary N) is 1. The van der Waals surface area contributed by atoms with Crippen LogP contribution in [0, 0.1) is 25.5 Å². The van der Waals surface area contributed by atoms with Crippen molar-refractivity contribution in [1.29, 1.82) is 0 Å². The van der Waals surface area contributed by atoms with E-state index < -0.39 is 17.7 Å². The average Bonchev–Trinajstić information content (AvgIpc) is 2.62. The third-order valence-corrected chi connectivity index (χ3v) is 2.83. The Morgan fingerprint density at radius 3 is 2.39 bits per heavy atom. The predicted octanol–water partition coefficient (Wildman–Crippen LogP) is 2.73. The van der Waals surface area contributed by atoms with Gasteiger partial charge >= 0.3 is 0 Å². The Kier molecular flexibility index (Phi) is 3.45. The number of aryl methyl sites for hydroxylation is 2. The molecule has 0 aliphatic carbocycles. The van der Waals surface area contributed by atoms with Gasteiger partial charge in [0.05, 0.1) is 6.04 Å². The Hall–Kier alpha value is -1.72. The van der Waals surface area contributed by atoms with E-state index in [0.29, 0.717) is 11.5 Å². The summed E-state index contributed by atoms with van der Waals surface area (Å²) in [6, 6.07) is 4.62. The SMILES string of the molecule is Cc1cc(C(NN)c2ccc(F)cc2F)c(C)o1. The molecule has 3 nitrogen and oxygen atoms in total. The molecule has 0 bridgehead atoms. The van der Waals surface area contributed by atoms with E-state index in [1.165, 1.54) is 12.1 Å². The number of hydrogen-bond acceptors (Lipinski definition) is 3. The Bertz CT molecular complexity index is 566. The molecule has 0 radical (unpaired) electrons. The van der Waals surface area contributed by atoms with Crippen molar-refractivity contribution in [2.24, 2.45) is 5.84 Å². The fourth-order valence-electron chi connectivity index (χ4n) is 2.02. The van der Waals surface area contributed by atoms with Gasteiger partial charge in [-0.15, -0.1) is 0 Å². The molecule has 18 heavy (non-hydrogen) atoms. The first-order valence-electron chi connectivity index (χ1n) is 5.51. The minimum atomic E-state index is -0.642. The lowest BCUT2D eigenvalue weighted by molar-refractivity contribution is 0.491. The average molecular weight is 252 g/mol. The Morgan fingerprint density at radius 1 is 1.17 bits per heavy atom. The molecule has 2 aromatic rings. The van der Waals surface area contributed by atoms with Gasteiger partial charge in [0, 0.05) is 17.2 Å². The molecule has 1 atom stereocenters. The van der Waals surface area contributed by atoms with Gasteiger partial charge in [-0.2, -0.15) is 0 Å². The van der Waals surface area contributed by atoms with Gasteiger partial charge in [0.15, 0.2) is 0 Å². The first-order valence-corrected chi connectivity index (χ1v) is 5.51. The maximum Gasteiger partial charge on any atom is 0.131 e. The quantitative estimate of drug-likeness (QED) is 0.652. The summed E-state index contributed by atoms with van der Waals surface area (Å²) < 4.78 is 32.0. The molecule has 0 amide bonds. The van der Waals surface area contributed by atoms with Crippen LogP contribution in [0.15, 0.2) is 28.7 Å². The van der Waals surface area contributed by atoms with Crippen molar-refractivity contribution in [3.8, 4) is 0 Å². The lowest BCUT2D eigenvalue weighted by atomic mass is 9.99. The van der Waals surface area contributed by atoms with E-state index in [9.17, 15) is 8.78 Å². The molecule has 3 N–H and O–H groups in total. The monoisotopic (exact) mass is 252 g/mol. The molecule has 5 heteroatoms. The lowest BCUT2D eigenvalue weighted by Gasteiger charge is -2.16. The van der Waals surface area contributed by atoms with Crippen LogP contribution < -0.4 is 11.3 Å².